The molecule has 7 nitrogen and oxygen atoms in total. The van der Waals surface area contributed by atoms with Crippen LogP contribution in [0.15, 0.2) is 46.3 Å². The van der Waals surface area contributed by atoms with Gasteiger partial charge < -0.3 is 24.1 Å². The molecule has 0 aromatic carbocycles. The van der Waals surface area contributed by atoms with Gasteiger partial charge in [-0.2, -0.15) is 0 Å². The lowest BCUT2D eigenvalue weighted by Gasteiger charge is -2.37. The summed E-state index contributed by atoms with van der Waals surface area (Å²) < 4.78 is 14.3. The highest BCUT2D eigenvalue weighted by Gasteiger charge is 2.58. The summed E-state index contributed by atoms with van der Waals surface area (Å²) in [4.78, 5) is 24.2. The highest BCUT2D eigenvalue weighted by Crippen LogP contribution is 2.33. The Morgan fingerprint density at radius 2 is 1.68 bits per heavy atom. The Bertz CT molecular complexity index is 820. The van der Waals surface area contributed by atoms with E-state index >= 15 is 0 Å². The molecule has 3 unspecified atom stereocenters. The molecule has 0 saturated heterocycles. The van der Waals surface area contributed by atoms with Crippen LogP contribution in [0.25, 0.3) is 0 Å². The Balaban J connectivity index is 2.50. The van der Waals surface area contributed by atoms with Gasteiger partial charge in [-0.3, -0.25) is 0 Å². The highest BCUT2D eigenvalue weighted by atomic mass is 16.6. The van der Waals surface area contributed by atoms with E-state index in [1.807, 2.05) is 13.0 Å². The third-order valence-electron chi connectivity index (χ3n) is 6.36. The van der Waals surface area contributed by atoms with Gasteiger partial charge in [-0.1, -0.05) is 30.2 Å². The van der Waals surface area contributed by atoms with Crippen LogP contribution >= 0.6 is 0 Å². The van der Waals surface area contributed by atoms with Gasteiger partial charge in [-0.25, -0.2) is 9.59 Å². The van der Waals surface area contributed by atoms with Gasteiger partial charge in [0.1, 0.15) is 0 Å². The molecular weight excluding hydrogens is 436 g/mol. The van der Waals surface area contributed by atoms with Gasteiger partial charge in [-0.15, -0.1) is 0 Å². The largest absolute Gasteiger partial charge is 0.472 e. The number of aliphatic hydroxyl groups is 2. The van der Waals surface area contributed by atoms with Crippen molar-refractivity contribution < 1.29 is 33.7 Å². The molecule has 34 heavy (non-hydrogen) atoms. The number of rotatable bonds is 15. The molecule has 3 atom stereocenters. The average molecular weight is 479 g/mol. The minimum absolute atomic E-state index is 0.130. The maximum atomic E-state index is 12.3. The van der Waals surface area contributed by atoms with E-state index < -0.39 is 23.1 Å². The number of furan rings is 1. The molecule has 0 bridgehead atoms. The maximum absolute atomic E-state index is 12.3. The smallest absolute Gasteiger partial charge is 0.341 e. The minimum Gasteiger partial charge on any atom is -0.472 e. The summed E-state index contributed by atoms with van der Waals surface area (Å²) in [5.41, 5.74) is -0.909. The van der Waals surface area contributed by atoms with Gasteiger partial charge in [-0.05, 0) is 89.7 Å². The molecule has 2 N–H and O–H groups in total. The Hall–Kier alpha value is -2.38. The number of esters is 2. The standard InChI is InChI=1S/C27H42O7/c1-20(10-7-11-21(2)13-9-15-23-16-17-34-19-23)12-8-14-22(3)18-27(31,25(29)33-6)26(4,30)24(28)32-5/h11-12,16-17,19,22,30-31H,7-10,13-15,18H2,1-6H3. The molecule has 0 aliphatic carbocycles. The van der Waals surface area contributed by atoms with E-state index in [1.54, 1.807) is 12.5 Å². The van der Waals surface area contributed by atoms with Crippen molar-refractivity contribution in [2.75, 3.05) is 14.2 Å². The van der Waals surface area contributed by atoms with Crippen molar-refractivity contribution in [1.29, 1.82) is 0 Å². The zero-order chi connectivity index (χ0) is 25.8. The molecule has 0 fully saturated rings. The zero-order valence-corrected chi connectivity index (χ0v) is 21.6. The van der Waals surface area contributed by atoms with Crippen molar-refractivity contribution >= 4 is 11.9 Å². The number of hydrogen-bond acceptors (Lipinski definition) is 7. The van der Waals surface area contributed by atoms with Crippen LogP contribution in [0.5, 0.6) is 0 Å². The first-order valence-electron chi connectivity index (χ1n) is 11.9. The second-order valence-corrected chi connectivity index (χ2v) is 9.43. The lowest BCUT2D eigenvalue weighted by Crippen LogP contribution is -2.63. The fraction of sp³-hybridized carbons (Fsp3) is 0.630. The predicted molar refractivity (Wildman–Crippen MR) is 131 cm³/mol. The minimum atomic E-state index is -2.42. The first-order chi connectivity index (χ1) is 16.0. The van der Waals surface area contributed by atoms with Crippen molar-refractivity contribution in [1.82, 2.24) is 0 Å². The first kappa shape index (κ1) is 29.7. The molecule has 0 saturated carbocycles. The van der Waals surface area contributed by atoms with Crippen LogP contribution in [0.4, 0.5) is 0 Å². The van der Waals surface area contributed by atoms with E-state index in [1.165, 1.54) is 16.7 Å². The van der Waals surface area contributed by atoms with Crippen LogP contribution in [0.1, 0.15) is 78.2 Å². The number of methoxy groups -OCH3 is 2. The highest BCUT2D eigenvalue weighted by molar-refractivity contribution is 5.92. The van der Waals surface area contributed by atoms with Gasteiger partial charge in [0.25, 0.3) is 0 Å². The quantitative estimate of drug-likeness (QED) is 0.272. The Morgan fingerprint density at radius 1 is 1.06 bits per heavy atom. The van der Waals surface area contributed by atoms with Crippen molar-refractivity contribution in [2.24, 2.45) is 5.92 Å². The van der Waals surface area contributed by atoms with Crippen LogP contribution in [0.3, 0.4) is 0 Å². The molecule has 0 radical (unpaired) electrons. The van der Waals surface area contributed by atoms with Crippen LogP contribution in [-0.4, -0.2) is 47.6 Å². The van der Waals surface area contributed by atoms with E-state index in [-0.39, 0.29) is 12.3 Å². The normalized spacial score (nSPS) is 16.9. The monoisotopic (exact) mass is 478 g/mol. The topological polar surface area (TPSA) is 106 Å². The van der Waals surface area contributed by atoms with Gasteiger partial charge >= 0.3 is 11.9 Å². The maximum Gasteiger partial charge on any atom is 0.341 e. The number of carbonyl (C=O) groups is 2. The van der Waals surface area contributed by atoms with Crippen molar-refractivity contribution in [3.05, 3.63) is 47.5 Å². The number of aryl methyl sites for hydroxylation is 1. The summed E-state index contributed by atoms with van der Waals surface area (Å²) in [6, 6.07) is 2.01. The SMILES string of the molecule is COC(=O)C(C)(O)C(O)(CC(C)CCC=C(C)CCC=C(C)CCCc1ccoc1)C(=O)OC. The first-order valence-corrected chi connectivity index (χ1v) is 11.9. The lowest BCUT2D eigenvalue weighted by atomic mass is 9.77. The molecule has 1 heterocycles. The average Bonchev–Trinajstić information content (AvgIpc) is 3.31. The van der Waals surface area contributed by atoms with E-state index in [2.05, 4.69) is 35.5 Å². The molecular formula is C27H42O7. The molecule has 0 amide bonds. The Labute approximate surface area is 203 Å². The molecule has 0 aliphatic rings. The Kier molecular flexibility index (Phi) is 12.3. The van der Waals surface area contributed by atoms with Crippen LogP contribution in [0, 0.1) is 5.92 Å². The summed E-state index contributed by atoms with van der Waals surface area (Å²) in [5.74, 6) is -2.30. The van der Waals surface area contributed by atoms with E-state index in [0.29, 0.717) is 6.42 Å². The molecule has 1 aromatic heterocycles. The lowest BCUT2D eigenvalue weighted by molar-refractivity contribution is -0.210. The summed E-state index contributed by atoms with van der Waals surface area (Å²) in [7, 11) is 2.19. The van der Waals surface area contributed by atoms with Crippen LogP contribution in [0.2, 0.25) is 0 Å². The van der Waals surface area contributed by atoms with Gasteiger partial charge in [0.05, 0.1) is 26.7 Å². The fourth-order valence-corrected chi connectivity index (χ4v) is 3.99. The number of allylic oxidation sites excluding steroid dienone is 4. The van der Waals surface area contributed by atoms with Crippen molar-refractivity contribution in [3.63, 3.8) is 0 Å². The van der Waals surface area contributed by atoms with Crippen molar-refractivity contribution in [2.45, 2.75) is 90.3 Å². The zero-order valence-electron chi connectivity index (χ0n) is 21.6. The van der Waals surface area contributed by atoms with E-state index in [9.17, 15) is 19.8 Å². The molecule has 192 valence electrons. The molecule has 0 aliphatic heterocycles. The molecule has 0 spiro atoms. The van der Waals surface area contributed by atoms with E-state index in [0.717, 1.165) is 59.7 Å². The third-order valence-corrected chi connectivity index (χ3v) is 6.36. The second-order valence-electron chi connectivity index (χ2n) is 9.43. The molecule has 1 aromatic rings. The number of carbonyl (C=O) groups excluding carboxylic acids is 2. The fourth-order valence-electron chi connectivity index (χ4n) is 3.99. The van der Waals surface area contributed by atoms with Crippen LogP contribution in [-0.2, 0) is 25.5 Å². The third kappa shape index (κ3) is 8.76. The Morgan fingerprint density at radius 3 is 2.26 bits per heavy atom. The predicted octanol–water partition coefficient (Wildman–Crippen LogP) is 4.91. The van der Waals surface area contributed by atoms with E-state index in [4.69, 9.17) is 4.42 Å². The van der Waals surface area contributed by atoms with Crippen molar-refractivity contribution in [3.8, 4) is 0 Å². The van der Waals surface area contributed by atoms with Gasteiger partial charge in [0, 0.05) is 0 Å². The molecule has 7 heteroatoms. The number of hydrogen-bond donors (Lipinski definition) is 2. The molecule has 1 rings (SSSR count). The van der Waals surface area contributed by atoms with Gasteiger partial charge in [0.15, 0.2) is 5.60 Å². The summed E-state index contributed by atoms with van der Waals surface area (Å²) >= 11 is 0. The van der Waals surface area contributed by atoms with Crippen LogP contribution < -0.4 is 0 Å². The summed E-state index contributed by atoms with van der Waals surface area (Å²) in [6.07, 6.45) is 14.4. The summed E-state index contributed by atoms with van der Waals surface area (Å²) in [6.45, 7) is 7.20. The second kappa shape index (κ2) is 14.1. The van der Waals surface area contributed by atoms with Gasteiger partial charge in [0.2, 0.25) is 5.60 Å². The number of ether oxygens (including phenoxy) is 2. The summed E-state index contributed by atoms with van der Waals surface area (Å²) in [5, 5.41) is 21.5.